The van der Waals surface area contributed by atoms with Gasteiger partial charge in [-0.1, -0.05) is 11.6 Å². The highest BCUT2D eigenvalue weighted by molar-refractivity contribution is 6.30. The largest absolute Gasteiger partial charge is 0.489 e. The number of hydrogen-bond acceptors (Lipinski definition) is 6. The van der Waals surface area contributed by atoms with Gasteiger partial charge in [-0.2, -0.15) is 10.4 Å². The van der Waals surface area contributed by atoms with Gasteiger partial charge in [-0.3, -0.25) is 4.68 Å². The zero-order valence-corrected chi connectivity index (χ0v) is 15.5. The number of aromatic nitrogens is 3. The van der Waals surface area contributed by atoms with Crippen LogP contribution in [-0.4, -0.2) is 34.0 Å². The average molecular weight is 404 g/mol. The minimum absolute atomic E-state index is 0.0299. The van der Waals surface area contributed by atoms with Crippen LogP contribution in [0.1, 0.15) is 16.1 Å². The standard InChI is InChI=1S/C18H15ClFN5O3/c1-27-18(26)17-16(22)11(7-21)9-25(17)13-2-3-15(14(20)6-13)28-5-4-24-10-12(19)8-23-24/h2-3,6,8-10H,4-5,22H2,1H3. The molecule has 0 aliphatic rings. The summed E-state index contributed by atoms with van der Waals surface area (Å²) in [5, 5.41) is 13.6. The third kappa shape index (κ3) is 3.77. The van der Waals surface area contributed by atoms with Crippen LogP contribution in [0, 0.1) is 17.1 Å². The van der Waals surface area contributed by atoms with E-state index in [0.717, 1.165) is 0 Å². The molecular formula is C18H15ClFN5O3. The predicted molar refractivity (Wildman–Crippen MR) is 98.9 cm³/mol. The van der Waals surface area contributed by atoms with Crippen molar-refractivity contribution in [1.82, 2.24) is 14.3 Å². The van der Waals surface area contributed by atoms with Gasteiger partial charge in [-0.15, -0.1) is 0 Å². The van der Waals surface area contributed by atoms with Gasteiger partial charge in [0.25, 0.3) is 0 Å². The first-order valence-corrected chi connectivity index (χ1v) is 8.42. The molecule has 0 radical (unpaired) electrons. The summed E-state index contributed by atoms with van der Waals surface area (Å²) >= 11 is 5.78. The number of anilines is 1. The summed E-state index contributed by atoms with van der Waals surface area (Å²) < 4.78 is 27.5. The third-order valence-corrected chi connectivity index (χ3v) is 4.11. The fourth-order valence-electron chi connectivity index (χ4n) is 2.58. The molecule has 144 valence electrons. The Balaban J connectivity index is 1.82. The van der Waals surface area contributed by atoms with Crippen molar-refractivity contribution in [2.24, 2.45) is 0 Å². The van der Waals surface area contributed by atoms with E-state index in [1.54, 1.807) is 10.9 Å². The molecule has 0 unspecified atom stereocenters. The van der Waals surface area contributed by atoms with Crippen LogP contribution in [-0.2, 0) is 11.3 Å². The molecule has 8 nitrogen and oxygen atoms in total. The normalized spacial score (nSPS) is 10.5. The summed E-state index contributed by atoms with van der Waals surface area (Å²) in [5.41, 5.74) is 6.12. The van der Waals surface area contributed by atoms with Crippen molar-refractivity contribution in [2.45, 2.75) is 6.54 Å². The minimum Gasteiger partial charge on any atom is -0.489 e. The lowest BCUT2D eigenvalue weighted by atomic mass is 10.2. The van der Waals surface area contributed by atoms with Crippen LogP contribution in [0.4, 0.5) is 10.1 Å². The Hall–Kier alpha value is -3.51. The first kappa shape index (κ1) is 19.3. The van der Waals surface area contributed by atoms with E-state index < -0.39 is 11.8 Å². The topological polar surface area (TPSA) is 108 Å². The molecule has 0 aliphatic carbocycles. The van der Waals surface area contributed by atoms with E-state index in [-0.39, 0.29) is 35.0 Å². The Morgan fingerprint density at radius 3 is 2.82 bits per heavy atom. The van der Waals surface area contributed by atoms with Crippen molar-refractivity contribution in [3.63, 3.8) is 0 Å². The molecule has 1 aromatic carbocycles. The van der Waals surface area contributed by atoms with Crippen LogP contribution in [0.5, 0.6) is 5.75 Å². The van der Waals surface area contributed by atoms with E-state index in [2.05, 4.69) is 5.10 Å². The molecule has 0 fully saturated rings. The molecule has 3 rings (SSSR count). The summed E-state index contributed by atoms with van der Waals surface area (Å²) in [6, 6.07) is 6.02. The fraction of sp³-hybridized carbons (Fsp3) is 0.167. The van der Waals surface area contributed by atoms with Gasteiger partial charge in [-0.25, -0.2) is 9.18 Å². The molecule has 0 saturated heterocycles. The van der Waals surface area contributed by atoms with Crippen LogP contribution < -0.4 is 10.5 Å². The van der Waals surface area contributed by atoms with Crippen molar-refractivity contribution in [1.29, 1.82) is 5.26 Å². The van der Waals surface area contributed by atoms with Crippen LogP contribution in [0.15, 0.2) is 36.8 Å². The zero-order chi connectivity index (χ0) is 20.3. The van der Waals surface area contributed by atoms with Crippen LogP contribution in [0.25, 0.3) is 5.69 Å². The molecule has 3 aromatic rings. The smallest absolute Gasteiger partial charge is 0.357 e. The Morgan fingerprint density at radius 2 is 2.21 bits per heavy atom. The van der Waals surface area contributed by atoms with Gasteiger partial charge in [0, 0.05) is 24.1 Å². The summed E-state index contributed by atoms with van der Waals surface area (Å²) in [6.45, 7) is 0.566. The quantitative estimate of drug-likeness (QED) is 0.634. The van der Waals surface area contributed by atoms with E-state index in [4.69, 9.17) is 32.1 Å². The van der Waals surface area contributed by atoms with Crippen LogP contribution in [0.2, 0.25) is 5.02 Å². The molecular weight excluding hydrogens is 389 g/mol. The number of carbonyl (C=O) groups excluding carboxylic acids is 1. The minimum atomic E-state index is -0.738. The Labute approximate surface area is 164 Å². The highest BCUT2D eigenvalue weighted by Crippen LogP contribution is 2.27. The number of hydrogen-bond donors (Lipinski definition) is 1. The number of esters is 1. The molecule has 0 spiro atoms. The maximum atomic E-state index is 14.5. The van der Waals surface area contributed by atoms with E-state index in [1.165, 1.54) is 42.3 Å². The van der Waals surface area contributed by atoms with Crippen LogP contribution in [0.3, 0.4) is 0 Å². The zero-order valence-electron chi connectivity index (χ0n) is 14.7. The number of carbonyl (C=O) groups is 1. The van der Waals surface area contributed by atoms with Gasteiger partial charge < -0.3 is 19.8 Å². The van der Waals surface area contributed by atoms with Gasteiger partial charge in [0.2, 0.25) is 0 Å². The second-order valence-corrected chi connectivity index (χ2v) is 6.10. The predicted octanol–water partition coefficient (Wildman–Crippen LogP) is 2.79. The molecule has 10 heteroatoms. The lowest BCUT2D eigenvalue weighted by Crippen LogP contribution is -2.12. The lowest BCUT2D eigenvalue weighted by molar-refractivity contribution is 0.0593. The van der Waals surface area contributed by atoms with Gasteiger partial charge in [0.15, 0.2) is 17.3 Å². The molecule has 0 aliphatic heterocycles. The molecule has 2 N–H and O–H groups in total. The molecule has 0 atom stereocenters. The number of benzene rings is 1. The monoisotopic (exact) mass is 403 g/mol. The number of rotatable bonds is 6. The van der Waals surface area contributed by atoms with E-state index in [1.807, 2.05) is 6.07 Å². The maximum absolute atomic E-state index is 14.5. The fourth-order valence-corrected chi connectivity index (χ4v) is 2.74. The van der Waals surface area contributed by atoms with Gasteiger partial charge >= 0.3 is 5.97 Å². The Morgan fingerprint density at radius 1 is 1.43 bits per heavy atom. The first-order chi connectivity index (χ1) is 13.4. The van der Waals surface area contributed by atoms with E-state index in [0.29, 0.717) is 11.6 Å². The molecule has 28 heavy (non-hydrogen) atoms. The number of nitrogens with zero attached hydrogens (tertiary/aromatic N) is 4. The summed E-state index contributed by atoms with van der Waals surface area (Å²) in [4.78, 5) is 12.0. The summed E-state index contributed by atoms with van der Waals surface area (Å²) in [6.07, 6.45) is 4.47. The van der Waals surface area contributed by atoms with Crippen molar-refractivity contribution in [3.05, 3.63) is 58.9 Å². The number of halogens is 2. The van der Waals surface area contributed by atoms with Crippen molar-refractivity contribution >= 4 is 23.3 Å². The number of nitriles is 1. The molecule has 0 amide bonds. The van der Waals surface area contributed by atoms with E-state index in [9.17, 15) is 9.18 Å². The molecule has 2 heterocycles. The second kappa shape index (κ2) is 8.02. The van der Waals surface area contributed by atoms with Crippen molar-refractivity contribution < 1.29 is 18.7 Å². The van der Waals surface area contributed by atoms with Gasteiger partial charge in [0.1, 0.15) is 12.7 Å². The second-order valence-electron chi connectivity index (χ2n) is 5.66. The molecule has 2 aromatic heterocycles. The number of ether oxygens (including phenoxy) is 2. The molecule has 0 bridgehead atoms. The number of methoxy groups -OCH3 is 1. The highest BCUT2D eigenvalue weighted by atomic mass is 35.5. The highest BCUT2D eigenvalue weighted by Gasteiger charge is 2.22. The van der Waals surface area contributed by atoms with Crippen LogP contribution >= 0.6 is 11.6 Å². The van der Waals surface area contributed by atoms with Gasteiger partial charge in [-0.05, 0) is 12.1 Å². The maximum Gasteiger partial charge on any atom is 0.357 e. The Bertz CT molecular complexity index is 1070. The van der Waals surface area contributed by atoms with Crippen molar-refractivity contribution in [3.8, 4) is 17.5 Å². The van der Waals surface area contributed by atoms with Crippen molar-refractivity contribution in [2.75, 3.05) is 19.5 Å². The number of nitrogens with two attached hydrogens (primary N) is 1. The third-order valence-electron chi connectivity index (χ3n) is 3.92. The SMILES string of the molecule is COC(=O)c1c(N)c(C#N)cn1-c1ccc(OCCn2cc(Cl)cn2)c(F)c1. The average Bonchev–Trinajstić information content (AvgIpc) is 3.25. The van der Waals surface area contributed by atoms with E-state index >= 15 is 0 Å². The Kier molecular flexibility index (Phi) is 5.52. The lowest BCUT2D eigenvalue weighted by Gasteiger charge is -2.11. The summed E-state index contributed by atoms with van der Waals surface area (Å²) in [7, 11) is 1.19. The summed E-state index contributed by atoms with van der Waals surface area (Å²) in [5.74, 6) is -1.35. The first-order valence-electron chi connectivity index (χ1n) is 8.04. The molecule has 0 saturated carbocycles. The number of nitrogen functional groups attached to an aromatic ring is 1. The van der Waals surface area contributed by atoms with Gasteiger partial charge in [0.05, 0.1) is 36.1 Å².